The third-order valence-corrected chi connectivity index (χ3v) is 6.33. The second-order valence-electron chi connectivity index (χ2n) is 5.25. The van der Waals surface area contributed by atoms with Crippen molar-refractivity contribution in [2.45, 2.75) is 23.8 Å². The second kappa shape index (κ2) is 6.01. The Balaban J connectivity index is 2.18. The van der Waals surface area contributed by atoms with Crippen molar-refractivity contribution in [2.24, 2.45) is 0 Å². The molecule has 7 heteroatoms. The number of nitrogen functional groups attached to an aromatic ring is 1. The van der Waals surface area contributed by atoms with Crippen molar-refractivity contribution in [3.63, 3.8) is 0 Å². The van der Waals surface area contributed by atoms with Gasteiger partial charge in [0, 0.05) is 29.8 Å². The van der Waals surface area contributed by atoms with Gasteiger partial charge in [-0.15, -0.1) is 0 Å². The standard InChI is InChI=1S/C13H20BrN3O2S/c1-16-7-3-4-10(16)9-17(2)20(18,19)11-5-6-13(15)12(14)8-11/h5-6,8,10H,3-4,7,9,15H2,1-2H3. The van der Waals surface area contributed by atoms with Gasteiger partial charge in [-0.3, -0.25) is 0 Å². The number of halogens is 1. The SMILES string of the molecule is CN1CCCC1CN(C)S(=O)(=O)c1ccc(N)c(Br)c1. The molecule has 0 amide bonds. The summed E-state index contributed by atoms with van der Waals surface area (Å²) < 4.78 is 27.1. The fraction of sp³-hybridized carbons (Fsp3) is 0.538. The molecule has 0 spiro atoms. The Morgan fingerprint density at radius 3 is 2.75 bits per heavy atom. The summed E-state index contributed by atoms with van der Waals surface area (Å²) in [6, 6.07) is 5.00. The van der Waals surface area contributed by atoms with Crippen molar-refractivity contribution >= 4 is 31.6 Å². The molecule has 0 aliphatic carbocycles. The first kappa shape index (κ1) is 15.8. The fourth-order valence-electron chi connectivity index (χ4n) is 2.45. The van der Waals surface area contributed by atoms with Gasteiger partial charge in [-0.2, -0.15) is 4.31 Å². The van der Waals surface area contributed by atoms with Gasteiger partial charge in [-0.25, -0.2) is 8.42 Å². The van der Waals surface area contributed by atoms with E-state index in [9.17, 15) is 8.42 Å². The molecule has 1 atom stereocenters. The molecule has 2 N–H and O–H groups in total. The summed E-state index contributed by atoms with van der Waals surface area (Å²) in [5.74, 6) is 0. The molecule has 0 aromatic heterocycles. The largest absolute Gasteiger partial charge is 0.398 e. The maximum Gasteiger partial charge on any atom is 0.242 e. The van der Waals surface area contributed by atoms with E-state index < -0.39 is 10.0 Å². The molecule has 20 heavy (non-hydrogen) atoms. The number of hydrogen-bond donors (Lipinski definition) is 1. The molecule has 1 aliphatic rings. The van der Waals surface area contributed by atoms with E-state index in [1.54, 1.807) is 25.2 Å². The molecule has 5 nitrogen and oxygen atoms in total. The normalized spacial score (nSPS) is 20.7. The number of nitrogens with two attached hydrogens (primary N) is 1. The van der Waals surface area contributed by atoms with Gasteiger partial charge in [0.25, 0.3) is 0 Å². The summed E-state index contributed by atoms with van der Waals surface area (Å²) in [5.41, 5.74) is 6.23. The summed E-state index contributed by atoms with van der Waals surface area (Å²) in [7, 11) is 0.202. The number of likely N-dealkylation sites (tertiary alicyclic amines) is 1. The fourth-order valence-corrected chi connectivity index (χ4v) is 4.22. The highest BCUT2D eigenvalue weighted by molar-refractivity contribution is 9.10. The second-order valence-corrected chi connectivity index (χ2v) is 8.14. The highest BCUT2D eigenvalue weighted by Gasteiger charge is 2.28. The number of likely N-dealkylation sites (N-methyl/N-ethyl adjacent to an activating group) is 2. The molecular formula is C13H20BrN3O2S. The maximum absolute atomic E-state index is 12.5. The number of nitrogens with zero attached hydrogens (tertiary/aromatic N) is 2. The van der Waals surface area contributed by atoms with Crippen LogP contribution in [0.15, 0.2) is 27.6 Å². The molecule has 1 aliphatic heterocycles. The molecule has 1 saturated heterocycles. The predicted molar refractivity (Wildman–Crippen MR) is 84.0 cm³/mol. The zero-order chi connectivity index (χ0) is 14.9. The number of hydrogen-bond acceptors (Lipinski definition) is 4. The third-order valence-electron chi connectivity index (χ3n) is 3.82. The van der Waals surface area contributed by atoms with Gasteiger partial charge >= 0.3 is 0 Å². The average Bonchev–Trinajstić information content (AvgIpc) is 2.78. The van der Waals surface area contributed by atoms with Crippen LogP contribution in [-0.4, -0.2) is 50.8 Å². The lowest BCUT2D eigenvalue weighted by Crippen LogP contribution is -2.39. The summed E-state index contributed by atoms with van der Waals surface area (Å²) >= 11 is 3.27. The molecule has 0 radical (unpaired) electrons. The van der Waals surface area contributed by atoms with E-state index in [4.69, 9.17) is 5.73 Å². The van der Waals surface area contributed by atoms with Crippen LogP contribution in [0.3, 0.4) is 0 Å². The topological polar surface area (TPSA) is 66.6 Å². The molecule has 1 unspecified atom stereocenters. The highest BCUT2D eigenvalue weighted by Crippen LogP contribution is 2.25. The van der Waals surface area contributed by atoms with Crippen molar-refractivity contribution in [1.82, 2.24) is 9.21 Å². The number of sulfonamides is 1. The first-order valence-corrected chi connectivity index (χ1v) is 8.77. The summed E-state index contributed by atoms with van der Waals surface area (Å²) in [6.45, 7) is 1.55. The Morgan fingerprint density at radius 2 is 2.20 bits per heavy atom. The van der Waals surface area contributed by atoms with E-state index in [1.165, 1.54) is 4.31 Å². The lowest BCUT2D eigenvalue weighted by molar-refractivity contribution is 0.271. The predicted octanol–water partition coefficient (Wildman–Crippen LogP) is 1.75. The lowest BCUT2D eigenvalue weighted by atomic mass is 10.2. The molecule has 1 aromatic rings. The molecule has 0 saturated carbocycles. The van der Waals surface area contributed by atoms with E-state index in [0.29, 0.717) is 22.7 Å². The monoisotopic (exact) mass is 361 g/mol. The molecule has 1 heterocycles. The average molecular weight is 362 g/mol. The van der Waals surface area contributed by atoms with Crippen LogP contribution in [0.5, 0.6) is 0 Å². The van der Waals surface area contributed by atoms with Crippen LogP contribution in [0, 0.1) is 0 Å². The number of rotatable bonds is 4. The zero-order valence-corrected chi connectivity index (χ0v) is 14.1. The Bertz CT molecular complexity index is 591. The molecule has 0 bridgehead atoms. The van der Waals surface area contributed by atoms with Crippen LogP contribution in [0.4, 0.5) is 5.69 Å². The smallest absolute Gasteiger partial charge is 0.242 e. The minimum Gasteiger partial charge on any atom is -0.398 e. The molecular weight excluding hydrogens is 342 g/mol. The minimum absolute atomic E-state index is 0.265. The van der Waals surface area contributed by atoms with Crippen LogP contribution in [0.25, 0.3) is 0 Å². The van der Waals surface area contributed by atoms with Gasteiger partial charge in [0.05, 0.1) is 4.90 Å². The lowest BCUT2D eigenvalue weighted by Gasteiger charge is -2.25. The Kier molecular flexibility index (Phi) is 4.73. The van der Waals surface area contributed by atoms with E-state index in [1.807, 2.05) is 7.05 Å². The van der Waals surface area contributed by atoms with Crippen molar-refractivity contribution in [3.05, 3.63) is 22.7 Å². The van der Waals surface area contributed by atoms with Crippen LogP contribution in [-0.2, 0) is 10.0 Å². The first-order chi connectivity index (χ1) is 9.32. The van der Waals surface area contributed by atoms with E-state index in [2.05, 4.69) is 20.8 Å². The highest BCUT2D eigenvalue weighted by atomic mass is 79.9. The molecule has 2 rings (SSSR count). The van der Waals surface area contributed by atoms with Gasteiger partial charge in [0.1, 0.15) is 0 Å². The Hall–Kier alpha value is -0.630. The molecule has 112 valence electrons. The van der Waals surface area contributed by atoms with Crippen molar-refractivity contribution in [1.29, 1.82) is 0 Å². The van der Waals surface area contributed by atoms with Gasteiger partial charge in [0.2, 0.25) is 10.0 Å². The van der Waals surface area contributed by atoms with Crippen LogP contribution >= 0.6 is 15.9 Å². The number of benzene rings is 1. The van der Waals surface area contributed by atoms with Gasteiger partial charge < -0.3 is 10.6 Å². The van der Waals surface area contributed by atoms with E-state index in [-0.39, 0.29) is 4.90 Å². The van der Waals surface area contributed by atoms with Crippen LogP contribution < -0.4 is 5.73 Å². The van der Waals surface area contributed by atoms with Crippen molar-refractivity contribution < 1.29 is 8.42 Å². The Morgan fingerprint density at radius 1 is 1.50 bits per heavy atom. The van der Waals surface area contributed by atoms with Crippen molar-refractivity contribution in [3.8, 4) is 0 Å². The van der Waals surface area contributed by atoms with E-state index in [0.717, 1.165) is 19.4 Å². The summed E-state index contributed by atoms with van der Waals surface area (Å²) in [4.78, 5) is 2.48. The maximum atomic E-state index is 12.5. The molecule has 1 aromatic carbocycles. The summed E-state index contributed by atoms with van der Waals surface area (Å²) in [5, 5.41) is 0. The number of anilines is 1. The quantitative estimate of drug-likeness (QED) is 0.829. The Labute approximate surface area is 128 Å². The van der Waals surface area contributed by atoms with Gasteiger partial charge in [0.15, 0.2) is 0 Å². The first-order valence-electron chi connectivity index (χ1n) is 6.54. The summed E-state index contributed by atoms with van der Waals surface area (Å²) in [6.07, 6.45) is 2.17. The zero-order valence-electron chi connectivity index (χ0n) is 11.7. The van der Waals surface area contributed by atoms with Crippen molar-refractivity contribution in [2.75, 3.05) is 32.9 Å². The third kappa shape index (κ3) is 3.16. The minimum atomic E-state index is -3.47. The van der Waals surface area contributed by atoms with Crippen LogP contribution in [0.1, 0.15) is 12.8 Å². The van der Waals surface area contributed by atoms with E-state index >= 15 is 0 Å². The molecule has 1 fully saturated rings. The van der Waals surface area contributed by atoms with Crippen LogP contribution in [0.2, 0.25) is 0 Å². The van der Waals surface area contributed by atoms with Gasteiger partial charge in [-0.05, 0) is 60.6 Å². The van der Waals surface area contributed by atoms with Gasteiger partial charge in [-0.1, -0.05) is 0 Å².